The lowest BCUT2D eigenvalue weighted by atomic mass is 9.84. The summed E-state index contributed by atoms with van der Waals surface area (Å²) in [7, 11) is 0. The molecule has 0 heterocycles. The van der Waals surface area contributed by atoms with Crippen molar-refractivity contribution < 1.29 is 14.7 Å². The van der Waals surface area contributed by atoms with Crippen molar-refractivity contribution in [2.45, 2.75) is 59.4 Å². The second-order valence-electron chi connectivity index (χ2n) is 5.77. The van der Waals surface area contributed by atoms with Crippen LogP contribution in [0.2, 0.25) is 0 Å². The Kier molecular flexibility index (Phi) is 8.39. The first-order valence-electron chi connectivity index (χ1n) is 7.01. The van der Waals surface area contributed by atoms with Gasteiger partial charge in [0.2, 0.25) is 5.91 Å². The van der Waals surface area contributed by atoms with Crippen molar-refractivity contribution in [3.05, 3.63) is 0 Å². The van der Waals surface area contributed by atoms with Crippen molar-refractivity contribution in [2.75, 3.05) is 13.1 Å². The van der Waals surface area contributed by atoms with Gasteiger partial charge in [-0.2, -0.15) is 0 Å². The van der Waals surface area contributed by atoms with Crippen LogP contribution in [0, 0.1) is 5.41 Å². The van der Waals surface area contributed by atoms with Gasteiger partial charge < -0.3 is 15.7 Å². The van der Waals surface area contributed by atoms with Crippen molar-refractivity contribution in [1.82, 2.24) is 10.6 Å². The first-order chi connectivity index (χ1) is 8.78. The van der Waals surface area contributed by atoms with Crippen LogP contribution >= 0.6 is 0 Å². The highest BCUT2D eigenvalue weighted by atomic mass is 16.4. The second-order valence-corrected chi connectivity index (χ2v) is 5.77. The molecule has 3 N–H and O–H groups in total. The van der Waals surface area contributed by atoms with Gasteiger partial charge >= 0.3 is 5.97 Å². The summed E-state index contributed by atoms with van der Waals surface area (Å²) < 4.78 is 0. The van der Waals surface area contributed by atoms with Crippen LogP contribution in [-0.2, 0) is 9.59 Å². The van der Waals surface area contributed by atoms with Gasteiger partial charge in [-0.3, -0.25) is 9.59 Å². The first-order valence-corrected chi connectivity index (χ1v) is 7.01. The molecular weight excluding hydrogens is 244 g/mol. The average Bonchev–Trinajstić information content (AvgIpc) is 2.33. The van der Waals surface area contributed by atoms with E-state index in [0.717, 1.165) is 12.8 Å². The van der Waals surface area contributed by atoms with Crippen LogP contribution in [0.1, 0.15) is 53.4 Å². The minimum absolute atomic E-state index is 0.0187. The molecule has 0 aromatic heterocycles. The molecule has 0 fully saturated rings. The monoisotopic (exact) mass is 272 g/mol. The standard InChI is InChI=1S/C14H28N2O3/c1-5-9-16-13(19)11(2)15-10-8-14(3,4)7-6-12(17)18/h11,15H,5-10H2,1-4H3,(H,16,19)(H,17,18). The maximum absolute atomic E-state index is 11.6. The van der Waals surface area contributed by atoms with Crippen LogP contribution in [0.4, 0.5) is 0 Å². The fraction of sp³-hybridized carbons (Fsp3) is 0.857. The lowest BCUT2D eigenvalue weighted by molar-refractivity contribution is -0.137. The van der Waals surface area contributed by atoms with E-state index in [-0.39, 0.29) is 23.8 Å². The Morgan fingerprint density at radius 2 is 1.84 bits per heavy atom. The minimum atomic E-state index is -0.756. The van der Waals surface area contributed by atoms with E-state index in [1.807, 2.05) is 13.8 Å². The highest BCUT2D eigenvalue weighted by molar-refractivity contribution is 5.81. The highest BCUT2D eigenvalue weighted by Gasteiger charge is 2.20. The molecule has 0 radical (unpaired) electrons. The molecule has 0 bridgehead atoms. The molecule has 5 heteroatoms. The smallest absolute Gasteiger partial charge is 0.303 e. The number of hydrogen-bond acceptors (Lipinski definition) is 3. The molecule has 0 saturated heterocycles. The molecule has 1 amide bonds. The Hall–Kier alpha value is -1.10. The molecule has 19 heavy (non-hydrogen) atoms. The minimum Gasteiger partial charge on any atom is -0.481 e. The fourth-order valence-corrected chi connectivity index (χ4v) is 1.69. The molecule has 0 spiro atoms. The van der Waals surface area contributed by atoms with Crippen LogP contribution in [0.5, 0.6) is 0 Å². The summed E-state index contributed by atoms with van der Waals surface area (Å²) in [6.45, 7) is 9.39. The lowest BCUT2D eigenvalue weighted by Gasteiger charge is -2.25. The number of carbonyl (C=O) groups is 2. The van der Waals surface area contributed by atoms with Crippen LogP contribution in [0.25, 0.3) is 0 Å². The van der Waals surface area contributed by atoms with Crippen LogP contribution < -0.4 is 10.6 Å². The third-order valence-electron chi connectivity index (χ3n) is 3.21. The number of nitrogens with one attached hydrogen (secondary N) is 2. The zero-order valence-electron chi connectivity index (χ0n) is 12.6. The van der Waals surface area contributed by atoms with Gasteiger partial charge in [0.05, 0.1) is 6.04 Å². The van der Waals surface area contributed by atoms with Crippen LogP contribution in [0.15, 0.2) is 0 Å². The predicted octanol–water partition coefficient (Wildman–Crippen LogP) is 1.77. The number of amides is 1. The number of rotatable bonds is 10. The Labute approximate surface area is 116 Å². The zero-order chi connectivity index (χ0) is 14.9. The third kappa shape index (κ3) is 9.47. The van der Waals surface area contributed by atoms with E-state index in [2.05, 4.69) is 24.5 Å². The van der Waals surface area contributed by atoms with Gasteiger partial charge in [-0.05, 0) is 38.1 Å². The van der Waals surface area contributed by atoms with E-state index in [0.29, 0.717) is 19.5 Å². The van der Waals surface area contributed by atoms with Gasteiger partial charge in [0.25, 0.3) is 0 Å². The molecule has 0 aliphatic heterocycles. The molecule has 0 aromatic carbocycles. The summed E-state index contributed by atoms with van der Waals surface area (Å²) in [6.07, 6.45) is 2.63. The lowest BCUT2D eigenvalue weighted by Crippen LogP contribution is -2.43. The van der Waals surface area contributed by atoms with Gasteiger partial charge in [-0.1, -0.05) is 20.8 Å². The maximum Gasteiger partial charge on any atom is 0.303 e. The van der Waals surface area contributed by atoms with Crippen molar-refractivity contribution >= 4 is 11.9 Å². The van der Waals surface area contributed by atoms with Crippen molar-refractivity contribution in [3.8, 4) is 0 Å². The van der Waals surface area contributed by atoms with Gasteiger partial charge in [-0.25, -0.2) is 0 Å². The molecular formula is C14H28N2O3. The van der Waals surface area contributed by atoms with Crippen molar-refractivity contribution in [2.24, 2.45) is 5.41 Å². The van der Waals surface area contributed by atoms with Gasteiger partial charge in [0.1, 0.15) is 0 Å². The Balaban J connectivity index is 3.87. The van der Waals surface area contributed by atoms with Gasteiger partial charge in [0, 0.05) is 13.0 Å². The van der Waals surface area contributed by atoms with Crippen molar-refractivity contribution in [1.29, 1.82) is 0 Å². The summed E-state index contributed by atoms with van der Waals surface area (Å²) in [5, 5.41) is 14.7. The summed E-state index contributed by atoms with van der Waals surface area (Å²) in [5.41, 5.74) is -0.0228. The Bertz CT molecular complexity index is 290. The summed E-state index contributed by atoms with van der Waals surface area (Å²) in [5.74, 6) is -0.737. The van der Waals surface area contributed by atoms with Crippen LogP contribution in [-0.4, -0.2) is 36.1 Å². The van der Waals surface area contributed by atoms with E-state index < -0.39 is 5.97 Å². The first kappa shape index (κ1) is 17.9. The highest BCUT2D eigenvalue weighted by Crippen LogP contribution is 2.25. The number of aliphatic carboxylic acids is 1. The quantitative estimate of drug-likeness (QED) is 0.566. The molecule has 0 saturated carbocycles. The van der Waals surface area contributed by atoms with E-state index >= 15 is 0 Å². The molecule has 0 aromatic rings. The maximum atomic E-state index is 11.6. The number of carbonyl (C=O) groups excluding carboxylic acids is 1. The number of hydrogen-bond donors (Lipinski definition) is 3. The topological polar surface area (TPSA) is 78.4 Å². The summed E-state index contributed by atoms with van der Waals surface area (Å²) in [4.78, 5) is 22.2. The third-order valence-corrected chi connectivity index (χ3v) is 3.21. The Morgan fingerprint density at radius 3 is 2.37 bits per heavy atom. The molecule has 5 nitrogen and oxygen atoms in total. The molecule has 1 atom stereocenters. The fourth-order valence-electron chi connectivity index (χ4n) is 1.69. The molecule has 112 valence electrons. The second kappa shape index (κ2) is 8.91. The molecule has 0 aliphatic carbocycles. The molecule has 0 aliphatic rings. The summed E-state index contributed by atoms with van der Waals surface area (Å²) in [6, 6.07) is -0.207. The summed E-state index contributed by atoms with van der Waals surface area (Å²) >= 11 is 0. The molecule has 1 unspecified atom stereocenters. The van der Waals surface area contributed by atoms with Gasteiger partial charge in [0.15, 0.2) is 0 Å². The largest absolute Gasteiger partial charge is 0.481 e. The predicted molar refractivity (Wildman–Crippen MR) is 76.0 cm³/mol. The van der Waals surface area contributed by atoms with E-state index in [1.54, 1.807) is 0 Å². The van der Waals surface area contributed by atoms with Gasteiger partial charge in [-0.15, -0.1) is 0 Å². The molecule has 0 rings (SSSR count). The van der Waals surface area contributed by atoms with E-state index in [1.165, 1.54) is 0 Å². The SMILES string of the molecule is CCCNC(=O)C(C)NCCC(C)(C)CCC(=O)O. The Morgan fingerprint density at radius 1 is 1.21 bits per heavy atom. The van der Waals surface area contributed by atoms with E-state index in [4.69, 9.17) is 5.11 Å². The number of carboxylic acids is 1. The zero-order valence-corrected chi connectivity index (χ0v) is 12.6. The van der Waals surface area contributed by atoms with Crippen LogP contribution in [0.3, 0.4) is 0 Å². The van der Waals surface area contributed by atoms with Crippen molar-refractivity contribution in [3.63, 3.8) is 0 Å². The van der Waals surface area contributed by atoms with E-state index in [9.17, 15) is 9.59 Å². The normalized spacial score (nSPS) is 13.1. The number of carboxylic acid groups (broad SMARTS) is 1. The average molecular weight is 272 g/mol.